The normalized spacial score (nSPS) is 19.5. The number of piperidine rings is 1. The van der Waals surface area contributed by atoms with Gasteiger partial charge < -0.3 is 10.0 Å². The Balaban J connectivity index is 1.91. The van der Waals surface area contributed by atoms with E-state index >= 15 is 0 Å². The quantitative estimate of drug-likeness (QED) is 0.903. The van der Waals surface area contributed by atoms with Crippen molar-refractivity contribution < 1.29 is 13.5 Å². The van der Waals surface area contributed by atoms with Crippen LogP contribution in [0.25, 0.3) is 0 Å². The van der Waals surface area contributed by atoms with Gasteiger partial charge in [-0.3, -0.25) is 0 Å². The van der Waals surface area contributed by atoms with Crippen LogP contribution in [0, 0.1) is 11.8 Å². The topological polar surface area (TPSA) is 57.6 Å². The van der Waals surface area contributed by atoms with Gasteiger partial charge in [0.1, 0.15) is 0 Å². The van der Waals surface area contributed by atoms with Crippen molar-refractivity contribution in [2.45, 2.75) is 37.7 Å². The molecule has 1 aliphatic rings. The number of β-amino-alcohol motifs (C(OH)–C–C–N with tert-alkyl or cyclic N) is 1. The number of aliphatic hydroxyl groups is 1. The van der Waals surface area contributed by atoms with Crippen LogP contribution in [-0.4, -0.2) is 44.3 Å². The molecule has 0 spiro atoms. The summed E-state index contributed by atoms with van der Waals surface area (Å²) in [4.78, 5) is 2.59. The maximum atomic E-state index is 11.4. The highest BCUT2D eigenvalue weighted by Crippen LogP contribution is 2.26. The summed E-state index contributed by atoms with van der Waals surface area (Å²) < 4.78 is 22.9. The van der Waals surface area contributed by atoms with E-state index in [0.29, 0.717) is 11.4 Å². The first-order valence-electron chi connectivity index (χ1n) is 7.98. The number of hydrogen-bond acceptors (Lipinski definition) is 4. The van der Waals surface area contributed by atoms with Gasteiger partial charge in [0.05, 0.1) is 11.0 Å². The smallest absolute Gasteiger partial charge is 0.175 e. The van der Waals surface area contributed by atoms with Crippen molar-refractivity contribution in [3.05, 3.63) is 29.8 Å². The van der Waals surface area contributed by atoms with E-state index in [4.69, 9.17) is 0 Å². The molecule has 1 atom stereocenters. The molecule has 1 aromatic carbocycles. The zero-order chi connectivity index (χ0) is 16.3. The highest BCUT2D eigenvalue weighted by molar-refractivity contribution is 7.90. The zero-order valence-electron chi connectivity index (χ0n) is 13.7. The van der Waals surface area contributed by atoms with Crippen molar-refractivity contribution in [1.29, 1.82) is 0 Å². The zero-order valence-corrected chi connectivity index (χ0v) is 14.5. The Hall–Kier alpha value is -0.910. The predicted octanol–water partition coefficient (Wildman–Crippen LogP) is 2.49. The predicted molar refractivity (Wildman–Crippen MR) is 88.5 cm³/mol. The maximum absolute atomic E-state index is 11.4. The fourth-order valence-electron chi connectivity index (χ4n) is 3.09. The number of sulfone groups is 1. The van der Waals surface area contributed by atoms with Crippen LogP contribution in [-0.2, 0) is 9.84 Å². The van der Waals surface area contributed by atoms with Gasteiger partial charge in [-0.1, -0.05) is 26.0 Å². The molecule has 0 bridgehead atoms. The van der Waals surface area contributed by atoms with Gasteiger partial charge in [-0.05, 0) is 55.5 Å². The van der Waals surface area contributed by atoms with Crippen LogP contribution in [0.2, 0.25) is 0 Å². The van der Waals surface area contributed by atoms with Gasteiger partial charge in [-0.2, -0.15) is 0 Å². The molecule has 0 aliphatic carbocycles. The fraction of sp³-hybridized carbons (Fsp3) is 0.647. The molecule has 0 saturated carbocycles. The third-order valence-corrected chi connectivity index (χ3v) is 5.83. The molecule has 1 N–H and O–H groups in total. The second-order valence-electron chi connectivity index (χ2n) is 6.74. The highest BCUT2D eigenvalue weighted by Gasteiger charge is 2.23. The molecule has 0 amide bonds. The third kappa shape index (κ3) is 4.54. The highest BCUT2D eigenvalue weighted by atomic mass is 32.2. The Morgan fingerprint density at radius 1 is 1.18 bits per heavy atom. The van der Waals surface area contributed by atoms with E-state index < -0.39 is 15.9 Å². The number of hydrogen-bond donors (Lipinski definition) is 1. The van der Waals surface area contributed by atoms with Crippen LogP contribution in [0.3, 0.4) is 0 Å². The van der Waals surface area contributed by atoms with Crippen LogP contribution in [0.15, 0.2) is 29.2 Å². The standard InChI is InChI=1S/C17H27NO3S/c1-13(2)14-8-10-18(11-9-14)12-17(19)15-4-6-16(7-5-15)22(3,20)21/h4-7,13-14,17,19H,8-12H2,1-3H3. The Kier molecular flexibility index (Phi) is 5.64. The van der Waals surface area contributed by atoms with E-state index in [1.165, 1.54) is 19.1 Å². The molecule has 0 radical (unpaired) electrons. The maximum Gasteiger partial charge on any atom is 0.175 e. The lowest BCUT2D eigenvalue weighted by molar-refractivity contribution is 0.0818. The van der Waals surface area contributed by atoms with Crippen LogP contribution >= 0.6 is 0 Å². The minimum Gasteiger partial charge on any atom is -0.387 e. The lowest BCUT2D eigenvalue weighted by Gasteiger charge is -2.34. The molecule has 5 heteroatoms. The SMILES string of the molecule is CC(C)C1CCN(CC(O)c2ccc(S(C)(=O)=O)cc2)CC1. The van der Waals surface area contributed by atoms with Gasteiger partial charge in [0, 0.05) is 12.8 Å². The van der Waals surface area contributed by atoms with Gasteiger partial charge >= 0.3 is 0 Å². The van der Waals surface area contributed by atoms with Crippen LogP contribution in [0.4, 0.5) is 0 Å². The van der Waals surface area contributed by atoms with Gasteiger partial charge in [0.15, 0.2) is 9.84 Å². The monoisotopic (exact) mass is 325 g/mol. The van der Waals surface area contributed by atoms with Crippen LogP contribution in [0.1, 0.15) is 38.4 Å². The molecule has 1 fully saturated rings. The molecule has 1 heterocycles. The van der Waals surface area contributed by atoms with Gasteiger partial charge in [0.2, 0.25) is 0 Å². The number of aliphatic hydroxyl groups excluding tert-OH is 1. The number of likely N-dealkylation sites (tertiary alicyclic amines) is 1. The molecule has 2 rings (SSSR count). The van der Waals surface area contributed by atoms with Crippen molar-refractivity contribution >= 4 is 9.84 Å². The van der Waals surface area contributed by atoms with Crippen molar-refractivity contribution in [2.24, 2.45) is 11.8 Å². The molecular weight excluding hydrogens is 298 g/mol. The lowest BCUT2D eigenvalue weighted by atomic mass is 9.86. The van der Waals surface area contributed by atoms with Gasteiger partial charge in [-0.15, -0.1) is 0 Å². The van der Waals surface area contributed by atoms with Crippen LogP contribution < -0.4 is 0 Å². The first-order chi connectivity index (χ1) is 10.3. The van der Waals surface area contributed by atoms with E-state index in [-0.39, 0.29) is 0 Å². The molecular formula is C17H27NO3S. The van der Waals surface area contributed by atoms with Crippen LogP contribution in [0.5, 0.6) is 0 Å². The summed E-state index contributed by atoms with van der Waals surface area (Å²) in [7, 11) is -3.18. The molecule has 0 aromatic heterocycles. The average Bonchev–Trinajstić information content (AvgIpc) is 2.47. The summed E-state index contributed by atoms with van der Waals surface area (Å²) >= 11 is 0. The largest absolute Gasteiger partial charge is 0.387 e. The molecule has 1 aliphatic heterocycles. The van der Waals surface area contributed by atoms with Gasteiger partial charge in [-0.25, -0.2) is 8.42 Å². The number of rotatable bonds is 5. The second kappa shape index (κ2) is 7.11. The van der Waals surface area contributed by atoms with E-state index in [0.717, 1.165) is 30.5 Å². The van der Waals surface area contributed by atoms with E-state index in [1.807, 2.05) is 0 Å². The van der Waals surface area contributed by atoms with Crippen molar-refractivity contribution in [1.82, 2.24) is 4.90 Å². The van der Waals surface area contributed by atoms with Gasteiger partial charge in [0.25, 0.3) is 0 Å². The molecule has 1 unspecified atom stereocenters. The summed E-state index contributed by atoms with van der Waals surface area (Å²) in [5.74, 6) is 1.53. The average molecular weight is 325 g/mol. The fourth-order valence-corrected chi connectivity index (χ4v) is 3.72. The molecule has 124 valence electrons. The van der Waals surface area contributed by atoms with E-state index in [2.05, 4.69) is 18.7 Å². The minimum absolute atomic E-state index is 0.293. The molecule has 22 heavy (non-hydrogen) atoms. The Morgan fingerprint density at radius 3 is 2.18 bits per heavy atom. The third-order valence-electron chi connectivity index (χ3n) is 4.70. The Labute approximate surface area is 134 Å². The number of benzene rings is 1. The Morgan fingerprint density at radius 2 is 1.73 bits per heavy atom. The summed E-state index contributed by atoms with van der Waals surface area (Å²) in [6.45, 7) is 7.22. The van der Waals surface area contributed by atoms with Crippen molar-refractivity contribution in [2.75, 3.05) is 25.9 Å². The summed E-state index contributed by atoms with van der Waals surface area (Å²) in [5.41, 5.74) is 0.776. The van der Waals surface area contributed by atoms with Crippen molar-refractivity contribution in [3.63, 3.8) is 0 Å². The van der Waals surface area contributed by atoms with Crippen molar-refractivity contribution in [3.8, 4) is 0 Å². The second-order valence-corrected chi connectivity index (χ2v) is 8.75. The number of nitrogens with zero attached hydrogens (tertiary/aromatic N) is 1. The minimum atomic E-state index is -3.18. The molecule has 4 nitrogen and oxygen atoms in total. The molecule has 1 saturated heterocycles. The Bertz CT molecular complexity index is 572. The molecule has 1 aromatic rings. The summed E-state index contributed by atoms with van der Waals surface area (Å²) in [6.07, 6.45) is 3.01. The summed E-state index contributed by atoms with van der Waals surface area (Å²) in [6, 6.07) is 6.56. The lowest BCUT2D eigenvalue weighted by Crippen LogP contribution is -2.37. The first-order valence-corrected chi connectivity index (χ1v) is 9.87. The van der Waals surface area contributed by atoms with E-state index in [9.17, 15) is 13.5 Å². The summed E-state index contributed by atoms with van der Waals surface area (Å²) in [5, 5.41) is 10.4. The van der Waals surface area contributed by atoms with E-state index in [1.54, 1.807) is 24.3 Å². The first kappa shape index (κ1) is 17.4.